The summed E-state index contributed by atoms with van der Waals surface area (Å²) in [6.45, 7) is 3.84. The van der Waals surface area contributed by atoms with E-state index in [2.05, 4.69) is 0 Å². The van der Waals surface area contributed by atoms with E-state index < -0.39 is 12.0 Å². The first kappa shape index (κ1) is 18.6. The van der Waals surface area contributed by atoms with Crippen LogP contribution in [-0.4, -0.2) is 17.9 Å². The van der Waals surface area contributed by atoms with Gasteiger partial charge in [0.1, 0.15) is 5.92 Å². The fourth-order valence-electron chi connectivity index (χ4n) is 4.58. The fourth-order valence-corrected chi connectivity index (χ4v) is 4.58. The Morgan fingerprint density at radius 3 is 1.97 bits per heavy atom. The molecule has 0 N–H and O–H groups in total. The van der Waals surface area contributed by atoms with Crippen LogP contribution in [0, 0.1) is 19.8 Å². The van der Waals surface area contributed by atoms with Crippen molar-refractivity contribution in [2.45, 2.75) is 26.0 Å². The van der Waals surface area contributed by atoms with Crippen molar-refractivity contribution in [3.8, 4) is 0 Å². The average Bonchev–Trinajstić information content (AvgIpc) is 3.27. The SMILES string of the molecule is Cc1cccc(C)c1N1C(=O)[C@H]2[C@H](ON(c3ccccc3)[C@@H]2c2ccccc2)C1=O. The van der Waals surface area contributed by atoms with Gasteiger partial charge in [0.15, 0.2) is 6.10 Å². The number of carbonyl (C=O) groups excluding carboxylic acids is 2. The maximum Gasteiger partial charge on any atom is 0.266 e. The van der Waals surface area contributed by atoms with Gasteiger partial charge in [0.2, 0.25) is 5.91 Å². The zero-order chi connectivity index (χ0) is 20.8. The summed E-state index contributed by atoms with van der Waals surface area (Å²) < 4.78 is 0. The maximum atomic E-state index is 13.7. The standard InChI is InChI=1S/C25H22N2O3/c1-16-10-9-11-17(2)21(16)26-24(28)20-22(18-12-5-3-6-13-18)27(30-23(20)25(26)29)19-14-7-4-8-15-19/h3-15,20,22-23H,1-2H3/t20-,22-,23+/m1/s1. The second-order valence-electron chi connectivity index (χ2n) is 7.82. The van der Waals surface area contributed by atoms with Gasteiger partial charge in [0.25, 0.3) is 5.91 Å². The number of carbonyl (C=O) groups is 2. The molecule has 3 aromatic rings. The lowest BCUT2D eigenvalue weighted by Crippen LogP contribution is -2.38. The smallest absolute Gasteiger partial charge is 0.266 e. The summed E-state index contributed by atoms with van der Waals surface area (Å²) in [7, 11) is 0. The summed E-state index contributed by atoms with van der Waals surface area (Å²) in [5.74, 6) is -1.13. The molecule has 2 amide bonds. The number of hydrogen-bond donors (Lipinski definition) is 0. The van der Waals surface area contributed by atoms with Gasteiger partial charge in [-0.25, -0.2) is 9.96 Å². The molecule has 2 saturated heterocycles. The number of fused-ring (bicyclic) bond motifs is 1. The van der Waals surface area contributed by atoms with Crippen molar-refractivity contribution in [3.05, 3.63) is 95.6 Å². The normalized spacial score (nSPS) is 23.2. The van der Waals surface area contributed by atoms with Gasteiger partial charge >= 0.3 is 0 Å². The zero-order valence-electron chi connectivity index (χ0n) is 16.9. The number of anilines is 2. The molecular weight excluding hydrogens is 376 g/mol. The van der Waals surface area contributed by atoms with E-state index in [0.29, 0.717) is 5.69 Å². The van der Waals surface area contributed by atoms with Crippen molar-refractivity contribution in [1.82, 2.24) is 0 Å². The second-order valence-corrected chi connectivity index (χ2v) is 7.82. The van der Waals surface area contributed by atoms with Crippen molar-refractivity contribution in [2.24, 2.45) is 5.92 Å². The number of para-hydroxylation sites is 2. The van der Waals surface area contributed by atoms with Gasteiger partial charge in [-0.2, -0.15) is 0 Å². The quantitative estimate of drug-likeness (QED) is 0.616. The molecule has 3 atom stereocenters. The first-order valence-electron chi connectivity index (χ1n) is 10.1. The zero-order valence-corrected chi connectivity index (χ0v) is 16.9. The van der Waals surface area contributed by atoms with Gasteiger partial charge in [-0.05, 0) is 42.7 Å². The molecule has 5 nitrogen and oxygen atoms in total. The van der Waals surface area contributed by atoms with Crippen LogP contribution in [0.1, 0.15) is 22.7 Å². The van der Waals surface area contributed by atoms with Gasteiger partial charge in [-0.1, -0.05) is 66.7 Å². The highest BCUT2D eigenvalue weighted by atomic mass is 16.7. The highest BCUT2D eigenvalue weighted by molar-refractivity contribution is 6.24. The van der Waals surface area contributed by atoms with E-state index in [-0.39, 0.29) is 17.9 Å². The molecule has 2 fully saturated rings. The number of benzene rings is 3. The van der Waals surface area contributed by atoms with Crippen molar-refractivity contribution < 1.29 is 14.4 Å². The first-order chi connectivity index (χ1) is 14.6. The number of imide groups is 1. The molecular formula is C25H22N2O3. The molecule has 0 unspecified atom stereocenters. The van der Waals surface area contributed by atoms with Crippen LogP contribution in [0.2, 0.25) is 0 Å². The maximum absolute atomic E-state index is 13.7. The van der Waals surface area contributed by atoms with Crippen LogP contribution in [-0.2, 0) is 14.4 Å². The van der Waals surface area contributed by atoms with E-state index in [1.165, 1.54) is 4.90 Å². The van der Waals surface area contributed by atoms with E-state index in [1.807, 2.05) is 92.7 Å². The fraction of sp³-hybridized carbons (Fsp3) is 0.200. The van der Waals surface area contributed by atoms with E-state index in [4.69, 9.17) is 4.84 Å². The van der Waals surface area contributed by atoms with Crippen molar-refractivity contribution in [3.63, 3.8) is 0 Å². The number of aryl methyl sites for hydroxylation is 2. The number of hydrogen-bond acceptors (Lipinski definition) is 4. The van der Waals surface area contributed by atoms with E-state index >= 15 is 0 Å². The van der Waals surface area contributed by atoms with Crippen molar-refractivity contribution in [2.75, 3.05) is 9.96 Å². The Hall–Kier alpha value is -3.44. The predicted octanol–water partition coefficient (Wildman–Crippen LogP) is 4.35. The molecule has 0 radical (unpaired) electrons. The molecule has 5 rings (SSSR count). The molecule has 0 aromatic heterocycles. The van der Waals surface area contributed by atoms with Crippen LogP contribution < -0.4 is 9.96 Å². The summed E-state index contributed by atoms with van der Waals surface area (Å²) in [6, 6.07) is 24.8. The number of hydroxylamine groups is 1. The van der Waals surface area contributed by atoms with Crippen LogP contribution in [0.3, 0.4) is 0 Å². The number of amides is 2. The van der Waals surface area contributed by atoms with Crippen LogP contribution >= 0.6 is 0 Å². The summed E-state index contributed by atoms with van der Waals surface area (Å²) in [6.07, 6.45) is -0.845. The average molecular weight is 398 g/mol. The highest BCUT2D eigenvalue weighted by Gasteiger charge is 2.60. The lowest BCUT2D eigenvalue weighted by molar-refractivity contribution is -0.126. The van der Waals surface area contributed by atoms with Gasteiger partial charge in [0.05, 0.1) is 17.4 Å². The monoisotopic (exact) mass is 398 g/mol. The van der Waals surface area contributed by atoms with Crippen LogP contribution in [0.5, 0.6) is 0 Å². The van der Waals surface area contributed by atoms with Crippen molar-refractivity contribution >= 4 is 23.2 Å². The summed E-state index contributed by atoms with van der Waals surface area (Å²) >= 11 is 0. The molecule has 0 aliphatic carbocycles. The Labute approximate surface area is 175 Å². The Bertz CT molecular complexity index is 1090. The van der Waals surface area contributed by atoms with E-state index in [9.17, 15) is 9.59 Å². The van der Waals surface area contributed by atoms with E-state index in [0.717, 1.165) is 22.4 Å². The molecule has 5 heteroatoms. The Kier molecular flexibility index (Phi) is 4.40. The van der Waals surface area contributed by atoms with Crippen molar-refractivity contribution in [1.29, 1.82) is 0 Å². The van der Waals surface area contributed by atoms with Crippen LogP contribution in [0.15, 0.2) is 78.9 Å². The number of nitrogens with zero attached hydrogens (tertiary/aromatic N) is 2. The summed E-state index contributed by atoms with van der Waals surface area (Å²) in [4.78, 5) is 34.6. The largest absolute Gasteiger partial charge is 0.273 e. The van der Waals surface area contributed by atoms with Gasteiger partial charge in [-0.3, -0.25) is 14.4 Å². The minimum Gasteiger partial charge on any atom is -0.273 e. The Morgan fingerprint density at radius 1 is 0.733 bits per heavy atom. The summed E-state index contributed by atoms with van der Waals surface area (Å²) in [5.41, 5.74) is 4.22. The van der Waals surface area contributed by atoms with Crippen LogP contribution in [0.25, 0.3) is 0 Å². The molecule has 3 aromatic carbocycles. The molecule has 2 aliphatic heterocycles. The molecule has 0 bridgehead atoms. The second kappa shape index (κ2) is 7.11. The summed E-state index contributed by atoms with van der Waals surface area (Å²) in [5, 5.41) is 1.72. The van der Waals surface area contributed by atoms with Crippen LogP contribution in [0.4, 0.5) is 11.4 Å². The minimum absolute atomic E-state index is 0.213. The molecule has 150 valence electrons. The lowest BCUT2D eigenvalue weighted by atomic mass is 9.90. The predicted molar refractivity (Wildman–Crippen MR) is 115 cm³/mol. The third kappa shape index (κ3) is 2.74. The lowest BCUT2D eigenvalue weighted by Gasteiger charge is -2.29. The molecule has 2 heterocycles. The first-order valence-corrected chi connectivity index (χ1v) is 10.1. The Morgan fingerprint density at radius 2 is 1.33 bits per heavy atom. The van der Waals surface area contributed by atoms with Gasteiger partial charge < -0.3 is 0 Å². The third-order valence-corrected chi connectivity index (χ3v) is 5.93. The minimum atomic E-state index is -0.845. The molecule has 0 spiro atoms. The molecule has 30 heavy (non-hydrogen) atoms. The third-order valence-electron chi connectivity index (χ3n) is 5.93. The van der Waals surface area contributed by atoms with E-state index in [1.54, 1.807) is 5.06 Å². The Balaban J connectivity index is 1.61. The van der Waals surface area contributed by atoms with Gasteiger partial charge in [-0.15, -0.1) is 0 Å². The molecule has 0 saturated carbocycles. The highest BCUT2D eigenvalue weighted by Crippen LogP contribution is 2.48. The number of rotatable bonds is 3. The topological polar surface area (TPSA) is 49.9 Å². The van der Waals surface area contributed by atoms with Gasteiger partial charge in [0, 0.05) is 0 Å². The molecule has 2 aliphatic rings.